The standard InChI is InChI=1S/C23H24Cl2N2O3/c1-2-28-21-14-18(15-26-11-12-29-22-5-3-4-10-27-22)13-20(25)23(21)30-16-17-6-8-19(24)9-7-17/h3-10,13-14,26H,2,11-12,15-16H2,1H3. The number of halogens is 2. The van der Waals surface area contributed by atoms with E-state index in [0.29, 0.717) is 60.3 Å². The molecule has 158 valence electrons. The van der Waals surface area contributed by atoms with Crippen molar-refractivity contribution in [3.63, 3.8) is 0 Å². The van der Waals surface area contributed by atoms with Crippen LogP contribution in [0.5, 0.6) is 17.4 Å². The van der Waals surface area contributed by atoms with Gasteiger partial charge in [0.05, 0.1) is 11.6 Å². The number of hydrogen-bond acceptors (Lipinski definition) is 5. The van der Waals surface area contributed by atoms with Crippen molar-refractivity contribution < 1.29 is 14.2 Å². The summed E-state index contributed by atoms with van der Waals surface area (Å²) in [7, 11) is 0. The Morgan fingerprint density at radius 3 is 2.50 bits per heavy atom. The molecule has 0 bridgehead atoms. The van der Waals surface area contributed by atoms with E-state index < -0.39 is 0 Å². The van der Waals surface area contributed by atoms with Gasteiger partial charge in [-0.3, -0.25) is 0 Å². The summed E-state index contributed by atoms with van der Waals surface area (Å²) in [6.45, 7) is 4.64. The minimum absolute atomic E-state index is 0.374. The minimum atomic E-state index is 0.374. The van der Waals surface area contributed by atoms with Gasteiger partial charge in [0, 0.05) is 30.4 Å². The average Bonchev–Trinajstić information content (AvgIpc) is 2.75. The molecule has 0 atom stereocenters. The Kier molecular flexibility index (Phi) is 8.63. The van der Waals surface area contributed by atoms with Crippen LogP contribution >= 0.6 is 23.2 Å². The summed E-state index contributed by atoms with van der Waals surface area (Å²) in [6.07, 6.45) is 1.70. The largest absolute Gasteiger partial charge is 0.490 e. The first kappa shape index (κ1) is 22.2. The Balaban J connectivity index is 1.55. The first-order valence-electron chi connectivity index (χ1n) is 9.72. The van der Waals surface area contributed by atoms with E-state index in [4.69, 9.17) is 37.4 Å². The fourth-order valence-corrected chi connectivity index (χ4v) is 3.17. The van der Waals surface area contributed by atoms with Crippen molar-refractivity contribution in [1.29, 1.82) is 0 Å². The highest BCUT2D eigenvalue weighted by atomic mass is 35.5. The zero-order valence-corrected chi connectivity index (χ0v) is 18.2. The van der Waals surface area contributed by atoms with E-state index in [-0.39, 0.29) is 0 Å². The average molecular weight is 447 g/mol. The lowest BCUT2D eigenvalue weighted by molar-refractivity contribution is 0.269. The van der Waals surface area contributed by atoms with Gasteiger partial charge >= 0.3 is 0 Å². The fourth-order valence-electron chi connectivity index (χ4n) is 2.76. The molecule has 0 amide bonds. The molecule has 0 fully saturated rings. The van der Waals surface area contributed by atoms with E-state index in [2.05, 4.69) is 10.3 Å². The summed E-state index contributed by atoms with van der Waals surface area (Å²) in [5.41, 5.74) is 2.00. The van der Waals surface area contributed by atoms with Crippen LogP contribution in [0.15, 0.2) is 60.8 Å². The van der Waals surface area contributed by atoms with Crippen LogP contribution in [-0.2, 0) is 13.2 Å². The molecule has 0 saturated carbocycles. The van der Waals surface area contributed by atoms with Crippen molar-refractivity contribution in [2.45, 2.75) is 20.1 Å². The molecule has 0 radical (unpaired) electrons. The van der Waals surface area contributed by atoms with Crippen molar-refractivity contribution >= 4 is 23.2 Å². The predicted molar refractivity (Wildman–Crippen MR) is 120 cm³/mol. The maximum absolute atomic E-state index is 6.50. The van der Waals surface area contributed by atoms with E-state index in [1.807, 2.05) is 61.5 Å². The summed E-state index contributed by atoms with van der Waals surface area (Å²) < 4.78 is 17.3. The molecule has 0 aliphatic carbocycles. The zero-order valence-electron chi connectivity index (χ0n) is 16.7. The topological polar surface area (TPSA) is 52.6 Å². The van der Waals surface area contributed by atoms with Gasteiger partial charge in [-0.2, -0.15) is 0 Å². The Hall–Kier alpha value is -2.47. The molecule has 1 aromatic heterocycles. The molecule has 0 unspecified atom stereocenters. The SMILES string of the molecule is CCOc1cc(CNCCOc2ccccn2)cc(Cl)c1OCc1ccc(Cl)cc1. The van der Waals surface area contributed by atoms with E-state index in [1.54, 1.807) is 6.20 Å². The number of nitrogens with zero attached hydrogens (tertiary/aromatic N) is 1. The van der Waals surface area contributed by atoms with Crippen LogP contribution in [0, 0.1) is 0 Å². The summed E-state index contributed by atoms with van der Waals surface area (Å²) in [4.78, 5) is 4.13. The van der Waals surface area contributed by atoms with Crippen LogP contribution < -0.4 is 19.5 Å². The highest BCUT2D eigenvalue weighted by Gasteiger charge is 2.13. The van der Waals surface area contributed by atoms with Gasteiger partial charge in [0.25, 0.3) is 0 Å². The molecule has 7 heteroatoms. The number of ether oxygens (including phenoxy) is 3. The van der Waals surface area contributed by atoms with Crippen molar-refractivity contribution in [3.05, 3.63) is 82.0 Å². The number of hydrogen-bond donors (Lipinski definition) is 1. The van der Waals surface area contributed by atoms with E-state index in [0.717, 1.165) is 11.1 Å². The highest BCUT2D eigenvalue weighted by molar-refractivity contribution is 6.32. The molecule has 1 heterocycles. The fraction of sp³-hybridized carbons (Fsp3) is 0.261. The van der Waals surface area contributed by atoms with E-state index in [1.165, 1.54) is 0 Å². The normalized spacial score (nSPS) is 10.6. The van der Waals surface area contributed by atoms with Gasteiger partial charge in [0.2, 0.25) is 5.88 Å². The maximum Gasteiger partial charge on any atom is 0.213 e. The van der Waals surface area contributed by atoms with Gasteiger partial charge < -0.3 is 19.5 Å². The molecule has 1 N–H and O–H groups in total. The summed E-state index contributed by atoms with van der Waals surface area (Å²) in [6, 6.07) is 16.9. The van der Waals surface area contributed by atoms with Crippen LogP contribution in [-0.4, -0.2) is 24.7 Å². The molecule has 0 aliphatic heterocycles. The number of benzene rings is 2. The van der Waals surface area contributed by atoms with Gasteiger partial charge in [-0.1, -0.05) is 41.4 Å². The van der Waals surface area contributed by atoms with Crippen molar-refractivity contribution in [3.8, 4) is 17.4 Å². The third-order valence-corrected chi connectivity index (χ3v) is 4.69. The van der Waals surface area contributed by atoms with Crippen LogP contribution in [0.2, 0.25) is 10.0 Å². The summed E-state index contributed by atoms with van der Waals surface area (Å²) in [5, 5.41) is 4.53. The van der Waals surface area contributed by atoms with Crippen molar-refractivity contribution in [2.24, 2.45) is 0 Å². The lowest BCUT2D eigenvalue weighted by Gasteiger charge is -2.16. The number of aromatic nitrogens is 1. The first-order valence-corrected chi connectivity index (χ1v) is 10.5. The van der Waals surface area contributed by atoms with Crippen molar-refractivity contribution in [2.75, 3.05) is 19.8 Å². The van der Waals surface area contributed by atoms with Crippen LogP contribution in [0.25, 0.3) is 0 Å². The third-order valence-electron chi connectivity index (χ3n) is 4.16. The summed E-state index contributed by atoms with van der Waals surface area (Å²) >= 11 is 12.4. The lowest BCUT2D eigenvalue weighted by Crippen LogP contribution is -2.20. The molecule has 0 aliphatic rings. The third kappa shape index (κ3) is 6.80. The van der Waals surface area contributed by atoms with Crippen LogP contribution in [0.3, 0.4) is 0 Å². The zero-order chi connectivity index (χ0) is 21.2. The molecule has 0 saturated heterocycles. The van der Waals surface area contributed by atoms with Gasteiger partial charge in [0.1, 0.15) is 13.2 Å². The quantitative estimate of drug-likeness (QED) is 0.392. The molecule has 3 rings (SSSR count). The highest BCUT2D eigenvalue weighted by Crippen LogP contribution is 2.37. The van der Waals surface area contributed by atoms with Crippen molar-refractivity contribution in [1.82, 2.24) is 10.3 Å². The van der Waals surface area contributed by atoms with Gasteiger partial charge in [-0.15, -0.1) is 0 Å². The second kappa shape index (κ2) is 11.6. The van der Waals surface area contributed by atoms with Gasteiger partial charge in [0.15, 0.2) is 11.5 Å². The second-order valence-electron chi connectivity index (χ2n) is 6.45. The second-order valence-corrected chi connectivity index (χ2v) is 7.29. The van der Waals surface area contributed by atoms with E-state index >= 15 is 0 Å². The lowest BCUT2D eigenvalue weighted by atomic mass is 10.2. The Bertz CT molecular complexity index is 922. The molecule has 30 heavy (non-hydrogen) atoms. The summed E-state index contributed by atoms with van der Waals surface area (Å²) in [5.74, 6) is 1.78. The van der Waals surface area contributed by atoms with Crippen LogP contribution in [0.1, 0.15) is 18.1 Å². The predicted octanol–water partition coefficient (Wildman–Crippen LogP) is 5.53. The molecular formula is C23H24Cl2N2O3. The minimum Gasteiger partial charge on any atom is -0.490 e. The Labute approximate surface area is 186 Å². The molecule has 3 aromatic rings. The number of pyridine rings is 1. The van der Waals surface area contributed by atoms with Gasteiger partial charge in [-0.05, 0) is 48.4 Å². The Morgan fingerprint density at radius 1 is 0.933 bits per heavy atom. The van der Waals surface area contributed by atoms with E-state index in [9.17, 15) is 0 Å². The molecule has 5 nitrogen and oxygen atoms in total. The molecular weight excluding hydrogens is 423 g/mol. The number of rotatable bonds is 11. The Morgan fingerprint density at radius 2 is 1.77 bits per heavy atom. The van der Waals surface area contributed by atoms with Crippen LogP contribution in [0.4, 0.5) is 0 Å². The molecule has 0 spiro atoms. The van der Waals surface area contributed by atoms with Gasteiger partial charge in [-0.25, -0.2) is 4.98 Å². The number of nitrogens with one attached hydrogen (secondary N) is 1. The monoisotopic (exact) mass is 446 g/mol. The maximum atomic E-state index is 6.50. The first-order chi connectivity index (χ1) is 14.7. The molecule has 2 aromatic carbocycles. The smallest absolute Gasteiger partial charge is 0.213 e.